The van der Waals surface area contributed by atoms with Gasteiger partial charge in [0.15, 0.2) is 0 Å². The summed E-state index contributed by atoms with van der Waals surface area (Å²) in [6.07, 6.45) is 2.13. The molecule has 0 radical (unpaired) electrons. The van der Waals surface area contributed by atoms with Gasteiger partial charge in [-0.3, -0.25) is 9.69 Å². The van der Waals surface area contributed by atoms with Crippen molar-refractivity contribution in [3.63, 3.8) is 0 Å². The molecule has 1 aromatic carbocycles. The van der Waals surface area contributed by atoms with Gasteiger partial charge in [0.05, 0.1) is 28.9 Å². The van der Waals surface area contributed by atoms with Crippen LogP contribution in [0, 0.1) is 0 Å². The molecule has 0 aromatic heterocycles. The van der Waals surface area contributed by atoms with E-state index in [9.17, 15) is 4.79 Å². The average molecular weight is 338 g/mol. The van der Waals surface area contributed by atoms with Gasteiger partial charge in [-0.25, -0.2) is 0 Å². The largest absolute Gasteiger partial charge is 0.395 e. The zero-order chi connectivity index (χ0) is 14.7. The topological polar surface area (TPSA) is 52.6 Å². The van der Waals surface area contributed by atoms with E-state index in [2.05, 4.69) is 5.32 Å². The highest BCUT2D eigenvalue weighted by molar-refractivity contribution is 6.42. The zero-order valence-corrected chi connectivity index (χ0v) is 13.0. The number of halogens is 3. The lowest BCUT2D eigenvalue weighted by Crippen LogP contribution is -2.36. The monoisotopic (exact) mass is 336 g/mol. The lowest BCUT2D eigenvalue weighted by atomic mass is 10.3. The summed E-state index contributed by atoms with van der Waals surface area (Å²) in [6.45, 7) is 0.729. The van der Waals surface area contributed by atoms with E-state index >= 15 is 0 Å². The smallest absolute Gasteiger partial charge is 0.238 e. The molecule has 1 saturated carbocycles. The van der Waals surface area contributed by atoms with Crippen LogP contribution in [0.15, 0.2) is 12.1 Å². The van der Waals surface area contributed by atoms with Crippen molar-refractivity contribution < 1.29 is 9.90 Å². The second kappa shape index (κ2) is 6.96. The van der Waals surface area contributed by atoms with Gasteiger partial charge in [-0.15, -0.1) is 0 Å². The predicted octanol–water partition coefficient (Wildman–Crippen LogP) is 3.04. The minimum atomic E-state index is -0.212. The standard InChI is InChI=1S/C13H15Cl3N2O2/c14-8-5-10(15)13(11(16)6-8)17-12(20)7-18(3-4-19)9-1-2-9/h5-6,9,19H,1-4,7H2,(H,17,20). The quantitative estimate of drug-likeness (QED) is 0.839. The summed E-state index contributed by atoms with van der Waals surface area (Å²) in [7, 11) is 0. The van der Waals surface area contributed by atoms with Crippen LogP contribution in [-0.4, -0.2) is 41.7 Å². The number of benzene rings is 1. The first-order chi connectivity index (χ1) is 9.51. The summed E-state index contributed by atoms with van der Waals surface area (Å²) < 4.78 is 0. The van der Waals surface area contributed by atoms with Crippen molar-refractivity contribution in [3.05, 3.63) is 27.2 Å². The Morgan fingerprint density at radius 3 is 2.40 bits per heavy atom. The molecule has 1 aromatic rings. The summed E-state index contributed by atoms with van der Waals surface area (Å²) in [5, 5.41) is 12.7. The van der Waals surface area contributed by atoms with Crippen LogP contribution >= 0.6 is 34.8 Å². The van der Waals surface area contributed by atoms with Crippen LogP contribution < -0.4 is 5.32 Å². The third-order valence-electron chi connectivity index (χ3n) is 3.07. The fourth-order valence-corrected chi connectivity index (χ4v) is 2.90. The molecule has 1 aliphatic rings. The fraction of sp³-hybridized carbons (Fsp3) is 0.462. The maximum atomic E-state index is 12.0. The Labute approximate surface area is 132 Å². The highest BCUT2D eigenvalue weighted by atomic mass is 35.5. The summed E-state index contributed by atoms with van der Waals surface area (Å²) in [6, 6.07) is 3.44. The van der Waals surface area contributed by atoms with Gasteiger partial charge in [0.25, 0.3) is 0 Å². The molecule has 4 nitrogen and oxygen atoms in total. The van der Waals surface area contributed by atoms with E-state index in [1.807, 2.05) is 4.90 Å². The lowest BCUT2D eigenvalue weighted by Gasteiger charge is -2.20. The number of rotatable bonds is 6. The Hall–Kier alpha value is -0.520. The molecule has 1 fully saturated rings. The van der Waals surface area contributed by atoms with Crippen molar-refractivity contribution >= 4 is 46.4 Å². The SMILES string of the molecule is O=C(CN(CCO)C1CC1)Nc1c(Cl)cc(Cl)cc1Cl. The molecule has 0 aliphatic heterocycles. The van der Waals surface area contributed by atoms with E-state index in [0.29, 0.717) is 33.3 Å². The Kier molecular flexibility index (Phi) is 5.52. The van der Waals surface area contributed by atoms with Crippen molar-refractivity contribution in [3.8, 4) is 0 Å². The van der Waals surface area contributed by atoms with Crippen LogP contribution in [0.2, 0.25) is 15.1 Å². The summed E-state index contributed by atoms with van der Waals surface area (Å²) in [5.74, 6) is -0.212. The fourth-order valence-electron chi connectivity index (χ4n) is 1.98. The lowest BCUT2D eigenvalue weighted by molar-refractivity contribution is -0.117. The maximum Gasteiger partial charge on any atom is 0.238 e. The van der Waals surface area contributed by atoms with Crippen LogP contribution in [0.5, 0.6) is 0 Å². The van der Waals surface area contributed by atoms with Gasteiger partial charge in [-0.05, 0) is 25.0 Å². The van der Waals surface area contributed by atoms with Gasteiger partial charge < -0.3 is 10.4 Å². The van der Waals surface area contributed by atoms with Crippen LogP contribution in [0.25, 0.3) is 0 Å². The predicted molar refractivity (Wildman–Crippen MR) is 81.8 cm³/mol. The van der Waals surface area contributed by atoms with E-state index in [1.165, 1.54) is 12.1 Å². The first-order valence-corrected chi connectivity index (χ1v) is 7.44. The Morgan fingerprint density at radius 1 is 1.30 bits per heavy atom. The Bertz CT molecular complexity index is 483. The van der Waals surface area contributed by atoms with Gasteiger partial charge >= 0.3 is 0 Å². The number of carbonyl (C=O) groups excluding carboxylic acids is 1. The first kappa shape index (κ1) is 15.9. The number of hydrogen-bond acceptors (Lipinski definition) is 3. The van der Waals surface area contributed by atoms with Crippen LogP contribution in [0.3, 0.4) is 0 Å². The average Bonchev–Trinajstić information content (AvgIpc) is 3.17. The maximum absolute atomic E-state index is 12.0. The van der Waals surface area contributed by atoms with Gasteiger partial charge in [-0.1, -0.05) is 34.8 Å². The van der Waals surface area contributed by atoms with Gasteiger partial charge in [0, 0.05) is 17.6 Å². The molecular weight excluding hydrogens is 323 g/mol. The first-order valence-electron chi connectivity index (χ1n) is 6.30. The van der Waals surface area contributed by atoms with Gasteiger partial charge in [0.2, 0.25) is 5.91 Å². The van der Waals surface area contributed by atoms with Gasteiger partial charge in [-0.2, -0.15) is 0 Å². The number of aliphatic hydroxyl groups excluding tert-OH is 1. The van der Waals surface area contributed by atoms with E-state index in [4.69, 9.17) is 39.9 Å². The minimum absolute atomic E-state index is 0.0340. The summed E-state index contributed by atoms with van der Waals surface area (Å²) in [5.41, 5.74) is 0.363. The highest BCUT2D eigenvalue weighted by Crippen LogP contribution is 2.33. The number of nitrogens with one attached hydrogen (secondary N) is 1. The van der Waals surface area contributed by atoms with Crippen LogP contribution in [0.4, 0.5) is 5.69 Å². The van der Waals surface area contributed by atoms with Crippen molar-refractivity contribution in [2.24, 2.45) is 0 Å². The third-order valence-corrected chi connectivity index (χ3v) is 3.88. The molecule has 0 heterocycles. The molecule has 1 aliphatic carbocycles. The molecule has 0 atom stereocenters. The molecule has 20 heavy (non-hydrogen) atoms. The number of hydrogen-bond donors (Lipinski definition) is 2. The van der Waals surface area contributed by atoms with Crippen LogP contribution in [0.1, 0.15) is 12.8 Å². The van der Waals surface area contributed by atoms with Crippen molar-refractivity contribution in [1.82, 2.24) is 4.90 Å². The van der Waals surface area contributed by atoms with Gasteiger partial charge in [0.1, 0.15) is 0 Å². The van der Waals surface area contributed by atoms with E-state index in [0.717, 1.165) is 12.8 Å². The number of aliphatic hydroxyl groups is 1. The molecule has 110 valence electrons. The molecule has 2 N–H and O–H groups in total. The molecule has 2 rings (SSSR count). The van der Waals surface area contributed by atoms with Crippen molar-refractivity contribution in [2.75, 3.05) is 25.0 Å². The molecule has 7 heteroatoms. The van der Waals surface area contributed by atoms with Crippen molar-refractivity contribution in [2.45, 2.75) is 18.9 Å². The minimum Gasteiger partial charge on any atom is -0.395 e. The number of nitrogens with zero attached hydrogens (tertiary/aromatic N) is 1. The molecule has 1 amide bonds. The molecule has 0 saturated heterocycles. The van der Waals surface area contributed by atoms with Crippen LogP contribution in [-0.2, 0) is 4.79 Å². The second-order valence-electron chi connectivity index (χ2n) is 4.72. The second-order valence-corrected chi connectivity index (χ2v) is 5.97. The number of carbonyl (C=O) groups is 1. The Morgan fingerprint density at radius 2 is 1.90 bits per heavy atom. The van der Waals surface area contributed by atoms with E-state index < -0.39 is 0 Å². The van der Waals surface area contributed by atoms with Crippen molar-refractivity contribution in [1.29, 1.82) is 0 Å². The zero-order valence-electron chi connectivity index (χ0n) is 10.7. The number of amides is 1. The normalized spacial score (nSPS) is 14.7. The number of anilines is 1. The summed E-state index contributed by atoms with van der Waals surface area (Å²) >= 11 is 17.8. The van der Waals surface area contributed by atoms with E-state index in [-0.39, 0.29) is 19.1 Å². The summed E-state index contributed by atoms with van der Waals surface area (Å²) in [4.78, 5) is 14.0. The molecule has 0 spiro atoms. The van der Waals surface area contributed by atoms with E-state index in [1.54, 1.807) is 0 Å². The Balaban J connectivity index is 2.00. The molecule has 0 unspecified atom stereocenters. The molecule has 0 bridgehead atoms. The third kappa shape index (κ3) is 4.24. The molecular formula is C13H15Cl3N2O2. The highest BCUT2D eigenvalue weighted by Gasteiger charge is 2.29.